The molecule has 0 spiro atoms. The lowest BCUT2D eigenvalue weighted by atomic mass is 10.1. The highest BCUT2D eigenvalue weighted by molar-refractivity contribution is 5.96. The molecule has 0 bridgehead atoms. The van der Waals surface area contributed by atoms with Gasteiger partial charge in [0.2, 0.25) is 5.91 Å². The lowest BCUT2D eigenvalue weighted by molar-refractivity contribution is -0.131. The molecule has 3 aromatic heterocycles. The van der Waals surface area contributed by atoms with Crippen molar-refractivity contribution < 1.29 is 14.1 Å². The van der Waals surface area contributed by atoms with E-state index in [9.17, 15) is 4.79 Å². The summed E-state index contributed by atoms with van der Waals surface area (Å²) in [6, 6.07) is 0.279. The van der Waals surface area contributed by atoms with Crippen LogP contribution < -0.4 is 5.32 Å². The molecule has 1 N–H and O–H groups in total. The zero-order valence-electron chi connectivity index (χ0n) is 18.4. The van der Waals surface area contributed by atoms with Gasteiger partial charge in [0, 0.05) is 45.1 Å². The van der Waals surface area contributed by atoms with Crippen molar-refractivity contribution in [2.45, 2.75) is 58.0 Å². The van der Waals surface area contributed by atoms with Crippen molar-refractivity contribution in [1.82, 2.24) is 29.8 Å². The normalized spacial score (nSPS) is 17.7. The number of piperidine rings is 1. The quantitative estimate of drug-likeness (QED) is 0.624. The number of nitrogens with zero attached hydrogens (tertiary/aromatic N) is 6. The van der Waals surface area contributed by atoms with E-state index in [2.05, 4.69) is 25.5 Å². The van der Waals surface area contributed by atoms with Gasteiger partial charge in [-0.2, -0.15) is 10.1 Å². The Labute approximate surface area is 186 Å². The number of carbonyl (C=O) groups excluding carboxylic acids is 1. The van der Waals surface area contributed by atoms with Gasteiger partial charge in [-0.1, -0.05) is 5.16 Å². The van der Waals surface area contributed by atoms with Gasteiger partial charge in [0.25, 0.3) is 5.89 Å². The standard InChI is InChI=1S/C22H29N7O3/c1-2-29-21-16(14-24-29)20(25-15-6-10-31-11-7-15)17(13-23-21)22-26-18(27-32-22)12-19(30)28-8-4-3-5-9-28/h13-15H,2-12H2,1H3,(H,23,25). The molecule has 32 heavy (non-hydrogen) atoms. The van der Waals surface area contributed by atoms with Crippen LogP contribution >= 0.6 is 0 Å². The molecule has 170 valence electrons. The highest BCUT2D eigenvalue weighted by Crippen LogP contribution is 2.34. The van der Waals surface area contributed by atoms with Gasteiger partial charge in [-0.15, -0.1) is 0 Å². The molecule has 3 aromatic rings. The van der Waals surface area contributed by atoms with Crippen LogP contribution in [0.15, 0.2) is 16.9 Å². The molecule has 0 aromatic carbocycles. The van der Waals surface area contributed by atoms with Crippen LogP contribution in [0, 0.1) is 0 Å². The van der Waals surface area contributed by atoms with E-state index >= 15 is 0 Å². The van der Waals surface area contributed by atoms with Gasteiger partial charge in [0.05, 0.1) is 29.3 Å². The molecule has 2 aliphatic rings. The van der Waals surface area contributed by atoms with Gasteiger partial charge >= 0.3 is 0 Å². The van der Waals surface area contributed by atoms with Gasteiger partial charge in [0.15, 0.2) is 11.5 Å². The van der Waals surface area contributed by atoms with Crippen molar-refractivity contribution in [3.63, 3.8) is 0 Å². The number of likely N-dealkylation sites (tertiary alicyclic amines) is 1. The Balaban J connectivity index is 1.44. The van der Waals surface area contributed by atoms with Crippen LogP contribution in [-0.2, 0) is 22.5 Å². The molecule has 2 saturated heterocycles. The summed E-state index contributed by atoms with van der Waals surface area (Å²) >= 11 is 0. The number of hydrogen-bond donors (Lipinski definition) is 1. The van der Waals surface area contributed by atoms with Crippen LogP contribution in [0.4, 0.5) is 5.69 Å². The van der Waals surface area contributed by atoms with Gasteiger partial charge in [-0.05, 0) is 39.0 Å². The molecule has 5 heterocycles. The third-order valence-electron chi connectivity index (χ3n) is 6.25. The minimum absolute atomic E-state index is 0.0513. The third-order valence-corrected chi connectivity index (χ3v) is 6.25. The molecule has 10 heteroatoms. The first-order chi connectivity index (χ1) is 15.7. The molecule has 0 unspecified atom stereocenters. The number of hydrogen-bond acceptors (Lipinski definition) is 8. The first-order valence-electron chi connectivity index (χ1n) is 11.5. The number of pyridine rings is 1. The maximum atomic E-state index is 12.6. The lowest BCUT2D eigenvalue weighted by Crippen LogP contribution is -2.36. The fourth-order valence-electron chi connectivity index (χ4n) is 4.45. The Bertz CT molecular complexity index is 1080. The largest absolute Gasteiger partial charge is 0.381 e. The van der Waals surface area contributed by atoms with E-state index in [0.29, 0.717) is 11.7 Å². The van der Waals surface area contributed by atoms with Crippen molar-refractivity contribution in [3.05, 3.63) is 18.2 Å². The number of rotatable bonds is 6. The Kier molecular flexibility index (Phi) is 6.02. The van der Waals surface area contributed by atoms with E-state index < -0.39 is 0 Å². The highest BCUT2D eigenvalue weighted by atomic mass is 16.5. The fraction of sp³-hybridized carbons (Fsp3) is 0.591. The molecule has 5 rings (SSSR count). The molecular formula is C22H29N7O3. The van der Waals surface area contributed by atoms with E-state index in [1.54, 1.807) is 6.20 Å². The number of aryl methyl sites for hydroxylation is 1. The first kappa shape index (κ1) is 20.9. The molecule has 0 atom stereocenters. The van der Waals surface area contributed by atoms with Crippen molar-refractivity contribution in [1.29, 1.82) is 0 Å². The van der Waals surface area contributed by atoms with Crippen molar-refractivity contribution >= 4 is 22.6 Å². The maximum Gasteiger partial charge on any atom is 0.261 e. The minimum Gasteiger partial charge on any atom is -0.381 e. The summed E-state index contributed by atoms with van der Waals surface area (Å²) in [6.07, 6.45) is 8.87. The summed E-state index contributed by atoms with van der Waals surface area (Å²) in [7, 11) is 0. The summed E-state index contributed by atoms with van der Waals surface area (Å²) in [5, 5.41) is 13.1. The number of anilines is 1. The van der Waals surface area contributed by atoms with Crippen molar-refractivity contribution in [3.8, 4) is 11.5 Å². The second kappa shape index (κ2) is 9.23. The number of aromatic nitrogens is 5. The molecule has 2 aliphatic heterocycles. The molecule has 0 radical (unpaired) electrons. The summed E-state index contributed by atoms with van der Waals surface area (Å²) in [4.78, 5) is 23.7. The smallest absolute Gasteiger partial charge is 0.261 e. The monoisotopic (exact) mass is 439 g/mol. The SMILES string of the molecule is CCn1ncc2c(NC3CCOCC3)c(-c3nc(CC(=O)N4CCCCC4)no3)cnc21. The molecular weight excluding hydrogens is 410 g/mol. The minimum atomic E-state index is 0.0513. The van der Waals surface area contributed by atoms with Gasteiger partial charge in [0.1, 0.15) is 0 Å². The van der Waals surface area contributed by atoms with Crippen LogP contribution in [0.5, 0.6) is 0 Å². The van der Waals surface area contributed by atoms with Crippen LogP contribution in [-0.4, -0.2) is 68.1 Å². The van der Waals surface area contributed by atoms with Crippen molar-refractivity contribution in [2.75, 3.05) is 31.6 Å². The molecule has 1 amide bonds. The van der Waals surface area contributed by atoms with Gasteiger partial charge in [-0.3, -0.25) is 4.79 Å². The van der Waals surface area contributed by atoms with Crippen LogP contribution in [0.25, 0.3) is 22.5 Å². The zero-order valence-corrected chi connectivity index (χ0v) is 18.4. The molecule has 10 nitrogen and oxygen atoms in total. The summed E-state index contributed by atoms with van der Waals surface area (Å²) < 4.78 is 13.0. The van der Waals surface area contributed by atoms with Crippen molar-refractivity contribution in [2.24, 2.45) is 0 Å². The first-order valence-corrected chi connectivity index (χ1v) is 11.5. The number of nitrogens with one attached hydrogen (secondary N) is 1. The summed E-state index contributed by atoms with van der Waals surface area (Å²) in [5.41, 5.74) is 2.42. The Morgan fingerprint density at radius 3 is 2.78 bits per heavy atom. The Morgan fingerprint density at radius 2 is 2.00 bits per heavy atom. The Hall–Kier alpha value is -3.01. The van der Waals surface area contributed by atoms with E-state index in [1.807, 2.05) is 22.7 Å². The van der Waals surface area contributed by atoms with Crippen LogP contribution in [0.2, 0.25) is 0 Å². The van der Waals surface area contributed by atoms with E-state index in [1.165, 1.54) is 6.42 Å². The predicted molar refractivity (Wildman–Crippen MR) is 118 cm³/mol. The second-order valence-corrected chi connectivity index (χ2v) is 8.41. The molecule has 2 fully saturated rings. The van der Waals surface area contributed by atoms with Gasteiger partial charge in [-0.25, -0.2) is 9.67 Å². The average molecular weight is 440 g/mol. The second-order valence-electron chi connectivity index (χ2n) is 8.41. The average Bonchev–Trinajstić information content (AvgIpc) is 3.47. The summed E-state index contributed by atoms with van der Waals surface area (Å²) in [6.45, 7) is 5.86. The predicted octanol–water partition coefficient (Wildman–Crippen LogP) is 2.65. The molecule has 0 saturated carbocycles. The zero-order chi connectivity index (χ0) is 21.9. The lowest BCUT2D eigenvalue weighted by Gasteiger charge is -2.26. The highest BCUT2D eigenvalue weighted by Gasteiger charge is 2.24. The van der Waals surface area contributed by atoms with E-state index in [0.717, 1.165) is 80.8 Å². The molecule has 0 aliphatic carbocycles. The Morgan fingerprint density at radius 1 is 1.19 bits per heavy atom. The number of carbonyl (C=O) groups is 1. The van der Waals surface area contributed by atoms with Crippen LogP contribution in [0.3, 0.4) is 0 Å². The topological polar surface area (TPSA) is 111 Å². The maximum absolute atomic E-state index is 12.6. The summed E-state index contributed by atoms with van der Waals surface area (Å²) in [5.74, 6) is 0.812. The third kappa shape index (κ3) is 4.19. The number of amides is 1. The number of fused-ring (bicyclic) bond motifs is 1. The number of ether oxygens (including phenoxy) is 1. The van der Waals surface area contributed by atoms with E-state index in [4.69, 9.17) is 9.26 Å². The van der Waals surface area contributed by atoms with Gasteiger partial charge < -0.3 is 19.5 Å². The van der Waals surface area contributed by atoms with E-state index in [-0.39, 0.29) is 18.4 Å². The fourth-order valence-corrected chi connectivity index (χ4v) is 4.45. The van der Waals surface area contributed by atoms with Crippen LogP contribution in [0.1, 0.15) is 44.9 Å².